The highest BCUT2D eigenvalue weighted by Crippen LogP contribution is 2.27. The summed E-state index contributed by atoms with van der Waals surface area (Å²) in [6.45, 7) is 7.10. The lowest BCUT2D eigenvalue weighted by Crippen LogP contribution is -2.58. The third kappa shape index (κ3) is 5.46. The van der Waals surface area contributed by atoms with Gasteiger partial charge < -0.3 is 10.1 Å². The third-order valence-electron chi connectivity index (χ3n) is 6.04. The van der Waals surface area contributed by atoms with Crippen LogP contribution in [0.3, 0.4) is 0 Å². The molecule has 0 aromatic heterocycles. The number of nitrogens with zero attached hydrogens (tertiary/aromatic N) is 3. The Labute approximate surface area is 168 Å². The number of nitrogens with one attached hydrogen (secondary N) is 1. The number of carbonyl (C=O) groups is 1. The fraction of sp³-hybridized carbons (Fsp3) is 0.636. The van der Waals surface area contributed by atoms with Crippen LogP contribution in [0.5, 0.6) is 5.75 Å². The molecule has 0 bridgehead atoms. The number of rotatable bonds is 7. The summed E-state index contributed by atoms with van der Waals surface area (Å²) in [4.78, 5) is 17.3. The van der Waals surface area contributed by atoms with Crippen molar-refractivity contribution < 1.29 is 9.53 Å². The topological polar surface area (TPSA) is 68.6 Å². The molecular weight excluding hydrogens is 352 g/mol. The van der Waals surface area contributed by atoms with Crippen LogP contribution < -0.4 is 10.1 Å². The van der Waals surface area contributed by atoms with Crippen LogP contribution >= 0.6 is 0 Å². The number of para-hydroxylation sites is 1. The SMILES string of the molecule is CC(C(=O)NC1(C#N)CCCCC1)N1CCN(CCOc2ccccc2)CC1. The molecule has 1 aromatic carbocycles. The molecule has 1 saturated carbocycles. The van der Waals surface area contributed by atoms with Gasteiger partial charge in [-0.3, -0.25) is 14.6 Å². The van der Waals surface area contributed by atoms with Gasteiger partial charge in [0.05, 0.1) is 12.1 Å². The third-order valence-corrected chi connectivity index (χ3v) is 6.04. The number of benzene rings is 1. The minimum absolute atomic E-state index is 0.00990. The second-order valence-corrected chi connectivity index (χ2v) is 7.96. The summed E-state index contributed by atoms with van der Waals surface area (Å²) in [7, 11) is 0. The molecule has 1 aliphatic heterocycles. The maximum absolute atomic E-state index is 12.7. The largest absolute Gasteiger partial charge is 0.492 e. The van der Waals surface area contributed by atoms with Crippen molar-refractivity contribution in [2.45, 2.75) is 50.6 Å². The minimum atomic E-state index is -0.653. The molecule has 2 aliphatic rings. The standard InChI is InChI=1S/C22H32N4O2/c1-19(21(27)24-22(18-23)10-6-3-7-11-22)26-14-12-25(13-15-26)16-17-28-20-8-4-2-5-9-20/h2,4-5,8-9,19H,3,6-7,10-17H2,1H3,(H,24,27). The molecule has 3 rings (SSSR count). The van der Waals surface area contributed by atoms with E-state index >= 15 is 0 Å². The van der Waals surface area contributed by atoms with Crippen LogP contribution in [-0.2, 0) is 4.79 Å². The first-order valence-corrected chi connectivity index (χ1v) is 10.5. The minimum Gasteiger partial charge on any atom is -0.492 e. The predicted molar refractivity (Wildman–Crippen MR) is 109 cm³/mol. The van der Waals surface area contributed by atoms with Gasteiger partial charge in [0.15, 0.2) is 0 Å². The number of amides is 1. The van der Waals surface area contributed by atoms with E-state index in [0.717, 1.165) is 70.6 Å². The monoisotopic (exact) mass is 384 g/mol. The summed E-state index contributed by atoms with van der Waals surface area (Å²) in [6, 6.07) is 12.1. The molecule has 2 fully saturated rings. The Morgan fingerprint density at radius 2 is 1.86 bits per heavy atom. The summed E-state index contributed by atoms with van der Waals surface area (Å²) < 4.78 is 5.78. The summed E-state index contributed by atoms with van der Waals surface area (Å²) >= 11 is 0. The fourth-order valence-corrected chi connectivity index (χ4v) is 4.11. The van der Waals surface area contributed by atoms with E-state index in [9.17, 15) is 10.1 Å². The zero-order chi connectivity index (χ0) is 19.8. The van der Waals surface area contributed by atoms with Crippen LogP contribution in [0.1, 0.15) is 39.0 Å². The van der Waals surface area contributed by atoms with Crippen molar-refractivity contribution in [3.63, 3.8) is 0 Å². The van der Waals surface area contributed by atoms with Gasteiger partial charge in [-0.15, -0.1) is 0 Å². The van der Waals surface area contributed by atoms with Crippen molar-refractivity contribution in [3.8, 4) is 11.8 Å². The fourth-order valence-electron chi connectivity index (χ4n) is 4.11. The number of hydrogen-bond donors (Lipinski definition) is 1. The predicted octanol–water partition coefficient (Wildman–Crippen LogP) is 2.41. The Balaban J connectivity index is 1.40. The molecule has 152 valence electrons. The Morgan fingerprint density at radius 1 is 1.18 bits per heavy atom. The van der Waals surface area contributed by atoms with Gasteiger partial charge in [0, 0.05) is 32.7 Å². The normalized spacial score (nSPS) is 21.4. The highest BCUT2D eigenvalue weighted by molar-refractivity contribution is 5.82. The van der Waals surface area contributed by atoms with E-state index in [0.29, 0.717) is 6.61 Å². The smallest absolute Gasteiger partial charge is 0.238 e. The second-order valence-electron chi connectivity index (χ2n) is 7.96. The van der Waals surface area contributed by atoms with Crippen molar-refractivity contribution in [1.82, 2.24) is 15.1 Å². The molecule has 1 aliphatic carbocycles. The molecule has 28 heavy (non-hydrogen) atoms. The lowest BCUT2D eigenvalue weighted by atomic mass is 9.82. The maximum Gasteiger partial charge on any atom is 0.238 e. The number of carbonyl (C=O) groups excluding carboxylic acids is 1. The quantitative estimate of drug-likeness (QED) is 0.782. The van der Waals surface area contributed by atoms with Gasteiger partial charge in [-0.05, 0) is 31.9 Å². The van der Waals surface area contributed by atoms with E-state index in [4.69, 9.17) is 4.74 Å². The first-order chi connectivity index (χ1) is 13.6. The van der Waals surface area contributed by atoms with E-state index in [-0.39, 0.29) is 11.9 Å². The zero-order valence-electron chi connectivity index (χ0n) is 16.9. The number of hydrogen-bond acceptors (Lipinski definition) is 5. The van der Waals surface area contributed by atoms with E-state index < -0.39 is 5.54 Å². The van der Waals surface area contributed by atoms with E-state index in [1.54, 1.807) is 0 Å². The molecule has 1 amide bonds. The van der Waals surface area contributed by atoms with Crippen molar-refractivity contribution in [2.24, 2.45) is 0 Å². The Kier molecular flexibility index (Phi) is 7.30. The number of piperazine rings is 1. The molecule has 1 aromatic rings. The van der Waals surface area contributed by atoms with Crippen LogP contribution in [-0.4, -0.2) is 66.6 Å². The van der Waals surface area contributed by atoms with Gasteiger partial charge in [-0.25, -0.2) is 0 Å². The Hall–Kier alpha value is -2.10. The number of nitriles is 1. The average Bonchev–Trinajstić information content (AvgIpc) is 2.75. The van der Waals surface area contributed by atoms with Crippen LogP contribution in [0, 0.1) is 11.3 Å². The summed E-state index contributed by atoms with van der Waals surface area (Å²) in [6.07, 6.45) is 4.75. The summed E-state index contributed by atoms with van der Waals surface area (Å²) in [5.41, 5.74) is -0.653. The second kappa shape index (κ2) is 9.90. The molecule has 6 nitrogen and oxygen atoms in total. The van der Waals surface area contributed by atoms with Gasteiger partial charge in [0.2, 0.25) is 5.91 Å². The van der Waals surface area contributed by atoms with E-state index in [2.05, 4.69) is 21.2 Å². The Bertz CT molecular complexity index is 659. The van der Waals surface area contributed by atoms with Gasteiger partial charge in [-0.1, -0.05) is 37.5 Å². The van der Waals surface area contributed by atoms with Gasteiger partial charge in [-0.2, -0.15) is 5.26 Å². The van der Waals surface area contributed by atoms with E-state index in [1.165, 1.54) is 0 Å². The van der Waals surface area contributed by atoms with Crippen LogP contribution in [0.15, 0.2) is 30.3 Å². The highest BCUT2D eigenvalue weighted by atomic mass is 16.5. The molecule has 1 saturated heterocycles. The molecule has 1 atom stereocenters. The van der Waals surface area contributed by atoms with E-state index in [1.807, 2.05) is 37.3 Å². The molecule has 6 heteroatoms. The van der Waals surface area contributed by atoms with Crippen molar-refractivity contribution in [1.29, 1.82) is 5.26 Å². The van der Waals surface area contributed by atoms with Gasteiger partial charge in [0.1, 0.15) is 17.9 Å². The van der Waals surface area contributed by atoms with Crippen LogP contribution in [0.4, 0.5) is 0 Å². The molecular formula is C22H32N4O2. The lowest BCUT2D eigenvalue weighted by Gasteiger charge is -2.39. The lowest BCUT2D eigenvalue weighted by molar-refractivity contribution is -0.128. The van der Waals surface area contributed by atoms with Crippen LogP contribution in [0.2, 0.25) is 0 Å². The zero-order valence-corrected chi connectivity index (χ0v) is 16.9. The van der Waals surface area contributed by atoms with Crippen molar-refractivity contribution >= 4 is 5.91 Å². The average molecular weight is 385 g/mol. The molecule has 1 unspecified atom stereocenters. The summed E-state index contributed by atoms with van der Waals surface area (Å²) in [5, 5.41) is 12.7. The Morgan fingerprint density at radius 3 is 2.50 bits per heavy atom. The maximum atomic E-state index is 12.7. The molecule has 0 spiro atoms. The van der Waals surface area contributed by atoms with Crippen molar-refractivity contribution in [2.75, 3.05) is 39.3 Å². The first-order valence-electron chi connectivity index (χ1n) is 10.5. The molecule has 1 heterocycles. The number of ether oxygens (including phenoxy) is 1. The van der Waals surface area contributed by atoms with Crippen LogP contribution in [0.25, 0.3) is 0 Å². The van der Waals surface area contributed by atoms with Gasteiger partial charge >= 0.3 is 0 Å². The molecule has 1 N–H and O–H groups in total. The van der Waals surface area contributed by atoms with Crippen molar-refractivity contribution in [3.05, 3.63) is 30.3 Å². The summed E-state index contributed by atoms with van der Waals surface area (Å²) in [5.74, 6) is 0.893. The van der Waals surface area contributed by atoms with Gasteiger partial charge in [0.25, 0.3) is 0 Å². The highest BCUT2D eigenvalue weighted by Gasteiger charge is 2.36. The molecule has 0 radical (unpaired) electrons. The first kappa shape index (κ1) is 20.6.